The van der Waals surface area contributed by atoms with Gasteiger partial charge in [0.05, 0.1) is 26.0 Å². The van der Waals surface area contributed by atoms with Gasteiger partial charge in [-0.15, -0.1) is 0 Å². The Morgan fingerprint density at radius 3 is 2.14 bits per heavy atom. The van der Waals surface area contributed by atoms with Crippen LogP contribution in [0.3, 0.4) is 0 Å². The van der Waals surface area contributed by atoms with Gasteiger partial charge in [0.2, 0.25) is 5.92 Å². The molecule has 1 aliphatic carbocycles. The first-order valence-electron chi connectivity index (χ1n) is 10.8. The number of benzene rings is 2. The van der Waals surface area contributed by atoms with Crippen molar-refractivity contribution < 1.29 is 26.7 Å². The molecule has 1 saturated carbocycles. The number of carbonyl (C=O) groups excluding carboxylic acids is 1. The van der Waals surface area contributed by atoms with Crippen LogP contribution in [0.4, 0.5) is 22.0 Å². The van der Waals surface area contributed by atoms with Gasteiger partial charge in [-0.3, -0.25) is 4.79 Å². The zero-order valence-corrected chi connectivity index (χ0v) is 21.5. The van der Waals surface area contributed by atoms with Gasteiger partial charge in [-0.05, 0) is 54.7 Å². The molecule has 1 unspecified atom stereocenters. The summed E-state index contributed by atoms with van der Waals surface area (Å²) >= 11 is 24.0. The number of hydrogen-bond acceptors (Lipinski definition) is 1. The summed E-state index contributed by atoms with van der Waals surface area (Å²) in [5.74, 6) is -9.31. The second-order valence-corrected chi connectivity index (χ2v) is 10.5. The Balaban J connectivity index is 1.83. The van der Waals surface area contributed by atoms with E-state index < -0.39 is 23.6 Å². The molecule has 0 saturated heterocycles. The van der Waals surface area contributed by atoms with Crippen LogP contribution in [0, 0.1) is 5.92 Å². The summed E-state index contributed by atoms with van der Waals surface area (Å²) in [7, 11) is 0. The van der Waals surface area contributed by atoms with Crippen LogP contribution in [0.5, 0.6) is 0 Å². The van der Waals surface area contributed by atoms with Crippen molar-refractivity contribution in [3.8, 4) is 0 Å². The number of allylic oxidation sites excluding steroid dienone is 1. The van der Waals surface area contributed by atoms with Gasteiger partial charge in [0.15, 0.2) is 5.78 Å². The van der Waals surface area contributed by atoms with Gasteiger partial charge in [-0.1, -0.05) is 52.5 Å². The second kappa shape index (κ2) is 11.0. The number of hydrogen-bond donors (Lipinski definition) is 0. The van der Waals surface area contributed by atoms with Gasteiger partial charge in [0, 0.05) is 37.3 Å². The normalized spacial score (nSPS) is 17.9. The highest BCUT2D eigenvalue weighted by Crippen LogP contribution is 2.42. The van der Waals surface area contributed by atoms with Gasteiger partial charge in [-0.2, -0.15) is 0 Å². The summed E-state index contributed by atoms with van der Waals surface area (Å²) < 4.78 is 70.5. The molecule has 1 aliphatic rings. The predicted molar refractivity (Wildman–Crippen MR) is 131 cm³/mol. The molecule has 0 amide bonds. The maximum Gasteiger partial charge on any atom is 0.255 e. The fourth-order valence-corrected chi connectivity index (χ4v) is 5.00. The Kier molecular flexibility index (Phi) is 8.84. The van der Waals surface area contributed by atoms with Gasteiger partial charge in [0.25, 0.3) is 5.92 Å². The molecule has 0 N–H and O–H groups in total. The quantitative estimate of drug-likeness (QED) is 0.183. The van der Waals surface area contributed by atoms with Crippen molar-refractivity contribution >= 4 is 58.0 Å². The molecule has 0 radical (unpaired) electrons. The van der Waals surface area contributed by atoms with Gasteiger partial charge < -0.3 is 0 Å². The van der Waals surface area contributed by atoms with Crippen molar-refractivity contribution in [2.24, 2.45) is 5.92 Å². The molecule has 3 rings (SSSR count). The Hall–Kier alpha value is -1.34. The lowest BCUT2D eigenvalue weighted by atomic mass is 9.83. The summed E-state index contributed by atoms with van der Waals surface area (Å²) in [5, 5.41) is -0.169. The summed E-state index contributed by atoms with van der Waals surface area (Å²) in [5.41, 5.74) is -0.0264. The molecule has 2 aromatic rings. The van der Waals surface area contributed by atoms with Gasteiger partial charge >= 0.3 is 0 Å². The standard InChI is InChI=1S/C25H21Cl4F5O/c1-24(31,32)17(15-10-19(27)23(29)20(28)11-15)12-21(30)14-2-3-16(18(26)9-14)22(35)8-13-4-6-25(33,34)7-5-13/h2-3,9-13,17H,4-8H2,1H3/b21-12-. The highest BCUT2D eigenvalue weighted by molar-refractivity contribution is 6.48. The zero-order chi connectivity index (χ0) is 26.1. The average molecular weight is 574 g/mol. The molecule has 0 aliphatic heterocycles. The number of ketones is 1. The van der Waals surface area contributed by atoms with E-state index in [1.165, 1.54) is 30.3 Å². The van der Waals surface area contributed by atoms with E-state index in [1.54, 1.807) is 0 Å². The summed E-state index contributed by atoms with van der Waals surface area (Å²) in [6, 6.07) is 6.12. The van der Waals surface area contributed by atoms with E-state index in [0.29, 0.717) is 6.92 Å². The minimum atomic E-state index is -3.38. The van der Waals surface area contributed by atoms with Crippen molar-refractivity contribution in [2.45, 2.75) is 56.8 Å². The topological polar surface area (TPSA) is 17.1 Å². The minimum Gasteiger partial charge on any atom is -0.294 e. The molecule has 1 fully saturated rings. The molecule has 2 aromatic carbocycles. The maximum atomic E-state index is 15.1. The summed E-state index contributed by atoms with van der Waals surface area (Å²) in [4.78, 5) is 12.6. The van der Waals surface area contributed by atoms with Crippen LogP contribution >= 0.6 is 46.4 Å². The van der Waals surface area contributed by atoms with E-state index in [4.69, 9.17) is 46.4 Å². The first-order chi connectivity index (χ1) is 16.2. The molecule has 1 atom stereocenters. The van der Waals surface area contributed by atoms with Crippen molar-refractivity contribution in [2.75, 3.05) is 0 Å². The van der Waals surface area contributed by atoms with Crippen molar-refractivity contribution in [1.82, 2.24) is 0 Å². The first-order valence-corrected chi connectivity index (χ1v) is 12.3. The van der Waals surface area contributed by atoms with E-state index in [2.05, 4.69) is 0 Å². The third kappa shape index (κ3) is 7.12. The van der Waals surface area contributed by atoms with Crippen LogP contribution in [0.2, 0.25) is 20.1 Å². The third-order valence-corrected chi connectivity index (χ3v) is 7.59. The first kappa shape index (κ1) is 28.2. The number of carbonyl (C=O) groups is 1. The van der Waals surface area contributed by atoms with Crippen LogP contribution in [-0.2, 0) is 0 Å². The molecule has 35 heavy (non-hydrogen) atoms. The van der Waals surface area contributed by atoms with Crippen molar-refractivity contribution in [3.63, 3.8) is 0 Å². The summed E-state index contributed by atoms with van der Waals surface area (Å²) in [6.07, 6.45) is 0.719. The number of Topliss-reactive ketones (excluding diaryl/α,β-unsaturated/α-hetero) is 1. The summed E-state index contributed by atoms with van der Waals surface area (Å²) in [6.45, 7) is 0.633. The number of alkyl halides is 4. The van der Waals surface area contributed by atoms with Crippen LogP contribution in [-0.4, -0.2) is 17.6 Å². The van der Waals surface area contributed by atoms with Gasteiger partial charge in [-0.25, -0.2) is 22.0 Å². The lowest BCUT2D eigenvalue weighted by Gasteiger charge is -2.27. The second-order valence-electron chi connectivity index (χ2n) is 8.87. The molecule has 1 nitrogen and oxygen atoms in total. The largest absolute Gasteiger partial charge is 0.294 e. The predicted octanol–water partition coefficient (Wildman–Crippen LogP) is 10.4. The monoisotopic (exact) mass is 572 g/mol. The highest BCUT2D eigenvalue weighted by Gasteiger charge is 2.36. The van der Waals surface area contributed by atoms with Crippen LogP contribution < -0.4 is 0 Å². The lowest BCUT2D eigenvalue weighted by molar-refractivity contribution is -0.0458. The fourth-order valence-electron chi connectivity index (χ4n) is 4.10. The number of halogens is 9. The molecule has 0 bridgehead atoms. The van der Waals surface area contributed by atoms with Crippen LogP contribution in [0.15, 0.2) is 36.4 Å². The van der Waals surface area contributed by atoms with Crippen molar-refractivity contribution in [1.29, 1.82) is 0 Å². The lowest BCUT2D eigenvalue weighted by Crippen LogP contribution is -2.25. The molecular formula is C25H21Cl4F5O. The van der Waals surface area contributed by atoms with E-state index in [9.17, 15) is 22.4 Å². The van der Waals surface area contributed by atoms with Crippen LogP contribution in [0.25, 0.3) is 5.83 Å². The molecule has 190 valence electrons. The van der Waals surface area contributed by atoms with Crippen LogP contribution in [0.1, 0.15) is 66.4 Å². The van der Waals surface area contributed by atoms with Crippen molar-refractivity contribution in [3.05, 3.63) is 73.2 Å². The SMILES string of the molecule is CC(F)(F)C(/C=C(\F)c1ccc(C(=O)CC2CCC(F)(F)CC2)c(Cl)c1)c1cc(Cl)c(Cl)c(Cl)c1. The Morgan fingerprint density at radius 2 is 1.63 bits per heavy atom. The smallest absolute Gasteiger partial charge is 0.255 e. The maximum absolute atomic E-state index is 15.1. The minimum absolute atomic E-state index is 0.00585. The fraction of sp³-hybridized carbons (Fsp3) is 0.400. The molecule has 0 aromatic heterocycles. The Labute approximate surface area is 220 Å². The van der Waals surface area contributed by atoms with E-state index in [0.717, 1.165) is 6.08 Å². The van der Waals surface area contributed by atoms with E-state index in [1.807, 2.05) is 0 Å². The molecule has 0 heterocycles. The van der Waals surface area contributed by atoms with E-state index in [-0.39, 0.29) is 80.6 Å². The Bertz CT molecular complexity index is 1110. The molecule has 10 heteroatoms. The number of rotatable bonds is 7. The zero-order valence-electron chi connectivity index (χ0n) is 18.5. The highest BCUT2D eigenvalue weighted by atomic mass is 35.5. The van der Waals surface area contributed by atoms with Gasteiger partial charge in [0.1, 0.15) is 5.83 Å². The third-order valence-electron chi connectivity index (χ3n) is 6.08. The van der Waals surface area contributed by atoms with E-state index >= 15 is 4.39 Å². The molecule has 0 spiro atoms. The average Bonchev–Trinajstić information content (AvgIpc) is 2.75. The Morgan fingerprint density at radius 1 is 1.06 bits per heavy atom. The molecular weight excluding hydrogens is 553 g/mol.